The van der Waals surface area contributed by atoms with Crippen LogP contribution < -0.4 is 5.73 Å². The molecule has 0 saturated carbocycles. The highest BCUT2D eigenvalue weighted by molar-refractivity contribution is 4.71. The molecule has 84 valence electrons. The summed E-state index contributed by atoms with van der Waals surface area (Å²) in [6, 6.07) is 0. The minimum absolute atomic E-state index is 0.779. The average molecular weight is 199 g/mol. The second-order valence-corrected chi connectivity index (χ2v) is 4.65. The van der Waals surface area contributed by atoms with Crippen molar-refractivity contribution in [3.63, 3.8) is 0 Å². The summed E-state index contributed by atoms with van der Waals surface area (Å²) >= 11 is 0. The minimum Gasteiger partial charge on any atom is -0.329 e. The zero-order valence-corrected chi connectivity index (χ0v) is 9.71. The summed E-state index contributed by atoms with van der Waals surface area (Å²) in [5.74, 6) is 0.911. The SMILES string of the molecule is CN(CCN)CCC1CCCN(C)C1. The third-order valence-electron chi connectivity index (χ3n) is 3.15. The van der Waals surface area contributed by atoms with Gasteiger partial charge in [0.25, 0.3) is 0 Å². The highest BCUT2D eigenvalue weighted by Crippen LogP contribution is 2.18. The van der Waals surface area contributed by atoms with Crippen LogP contribution in [0.4, 0.5) is 0 Å². The van der Waals surface area contributed by atoms with E-state index in [0.717, 1.165) is 19.0 Å². The molecule has 0 aromatic rings. The van der Waals surface area contributed by atoms with Crippen LogP contribution in [0.15, 0.2) is 0 Å². The number of nitrogens with two attached hydrogens (primary N) is 1. The molecule has 1 saturated heterocycles. The van der Waals surface area contributed by atoms with Crippen molar-refractivity contribution < 1.29 is 0 Å². The maximum Gasteiger partial charge on any atom is 0.0102 e. The molecule has 2 N–H and O–H groups in total. The molecule has 0 aliphatic carbocycles. The van der Waals surface area contributed by atoms with Crippen LogP contribution in [0.3, 0.4) is 0 Å². The molecule has 1 heterocycles. The Labute approximate surface area is 88.2 Å². The molecular formula is C11H25N3. The first-order valence-electron chi connectivity index (χ1n) is 5.79. The first-order chi connectivity index (χ1) is 6.72. The Kier molecular flexibility index (Phi) is 5.45. The summed E-state index contributed by atoms with van der Waals surface area (Å²) in [5, 5.41) is 0. The molecule has 3 heteroatoms. The van der Waals surface area contributed by atoms with Gasteiger partial charge in [-0.1, -0.05) is 0 Å². The van der Waals surface area contributed by atoms with Gasteiger partial charge >= 0.3 is 0 Å². The maximum atomic E-state index is 5.51. The zero-order chi connectivity index (χ0) is 10.4. The van der Waals surface area contributed by atoms with Crippen molar-refractivity contribution in [2.75, 3.05) is 46.8 Å². The van der Waals surface area contributed by atoms with Gasteiger partial charge < -0.3 is 15.5 Å². The Balaban J connectivity index is 2.10. The third kappa shape index (κ3) is 4.40. The van der Waals surface area contributed by atoms with E-state index < -0.39 is 0 Å². The number of hydrogen-bond acceptors (Lipinski definition) is 3. The van der Waals surface area contributed by atoms with Crippen LogP contribution in [0.1, 0.15) is 19.3 Å². The molecule has 0 aromatic heterocycles. The molecule has 0 amide bonds. The lowest BCUT2D eigenvalue weighted by Gasteiger charge is -2.30. The number of piperidine rings is 1. The highest BCUT2D eigenvalue weighted by atomic mass is 15.1. The number of likely N-dealkylation sites (tertiary alicyclic amines) is 1. The molecule has 1 unspecified atom stereocenters. The second kappa shape index (κ2) is 6.38. The van der Waals surface area contributed by atoms with E-state index in [1.165, 1.54) is 38.9 Å². The Morgan fingerprint density at radius 2 is 2.21 bits per heavy atom. The first kappa shape index (κ1) is 12.0. The number of nitrogens with zero attached hydrogens (tertiary/aromatic N) is 2. The van der Waals surface area contributed by atoms with Crippen molar-refractivity contribution in [2.24, 2.45) is 11.7 Å². The van der Waals surface area contributed by atoms with E-state index in [4.69, 9.17) is 5.73 Å². The van der Waals surface area contributed by atoms with Crippen LogP contribution >= 0.6 is 0 Å². The molecule has 0 spiro atoms. The topological polar surface area (TPSA) is 32.5 Å². The van der Waals surface area contributed by atoms with E-state index in [0.29, 0.717) is 0 Å². The molecule has 0 aromatic carbocycles. The average Bonchev–Trinajstić information content (AvgIpc) is 2.15. The summed E-state index contributed by atoms with van der Waals surface area (Å²) in [6.45, 7) is 5.59. The lowest BCUT2D eigenvalue weighted by Crippen LogP contribution is -2.34. The van der Waals surface area contributed by atoms with Crippen molar-refractivity contribution >= 4 is 0 Å². The van der Waals surface area contributed by atoms with Crippen LogP contribution in [0, 0.1) is 5.92 Å². The van der Waals surface area contributed by atoms with Gasteiger partial charge in [0.2, 0.25) is 0 Å². The van der Waals surface area contributed by atoms with Crippen LogP contribution in [0.5, 0.6) is 0 Å². The zero-order valence-electron chi connectivity index (χ0n) is 9.71. The number of hydrogen-bond donors (Lipinski definition) is 1. The fourth-order valence-electron chi connectivity index (χ4n) is 2.24. The predicted octanol–water partition coefficient (Wildman–Crippen LogP) is 0.609. The lowest BCUT2D eigenvalue weighted by atomic mass is 9.95. The largest absolute Gasteiger partial charge is 0.329 e. The van der Waals surface area contributed by atoms with Crippen molar-refractivity contribution in [2.45, 2.75) is 19.3 Å². The molecule has 1 aliphatic heterocycles. The van der Waals surface area contributed by atoms with E-state index in [9.17, 15) is 0 Å². The van der Waals surface area contributed by atoms with Gasteiger partial charge in [-0.15, -0.1) is 0 Å². The normalized spacial score (nSPS) is 24.4. The van der Waals surface area contributed by atoms with Crippen LogP contribution in [-0.2, 0) is 0 Å². The minimum atomic E-state index is 0.779. The maximum absolute atomic E-state index is 5.51. The number of likely N-dealkylation sites (N-methyl/N-ethyl adjacent to an activating group) is 1. The molecule has 14 heavy (non-hydrogen) atoms. The van der Waals surface area contributed by atoms with Gasteiger partial charge in [-0.05, 0) is 52.4 Å². The van der Waals surface area contributed by atoms with Gasteiger partial charge in [0.15, 0.2) is 0 Å². The van der Waals surface area contributed by atoms with Gasteiger partial charge in [-0.3, -0.25) is 0 Å². The quantitative estimate of drug-likeness (QED) is 0.704. The Morgan fingerprint density at radius 1 is 1.43 bits per heavy atom. The number of rotatable bonds is 5. The molecule has 1 atom stereocenters. The van der Waals surface area contributed by atoms with Gasteiger partial charge in [-0.2, -0.15) is 0 Å². The van der Waals surface area contributed by atoms with Crippen LogP contribution in [-0.4, -0.2) is 56.6 Å². The molecule has 0 bridgehead atoms. The van der Waals surface area contributed by atoms with E-state index in [2.05, 4.69) is 23.9 Å². The van der Waals surface area contributed by atoms with Crippen LogP contribution in [0.25, 0.3) is 0 Å². The van der Waals surface area contributed by atoms with Crippen molar-refractivity contribution in [1.29, 1.82) is 0 Å². The standard InChI is InChI=1S/C11H25N3/c1-13(9-6-12)8-5-11-4-3-7-14(2)10-11/h11H,3-10,12H2,1-2H3. The predicted molar refractivity (Wildman–Crippen MR) is 61.4 cm³/mol. The molecule has 1 fully saturated rings. The monoisotopic (exact) mass is 199 g/mol. The molecular weight excluding hydrogens is 174 g/mol. The second-order valence-electron chi connectivity index (χ2n) is 4.65. The van der Waals surface area contributed by atoms with Gasteiger partial charge in [0.05, 0.1) is 0 Å². The van der Waals surface area contributed by atoms with Crippen molar-refractivity contribution in [3.05, 3.63) is 0 Å². The van der Waals surface area contributed by atoms with Crippen molar-refractivity contribution in [3.8, 4) is 0 Å². The summed E-state index contributed by atoms with van der Waals surface area (Å²) in [6.07, 6.45) is 4.13. The van der Waals surface area contributed by atoms with E-state index in [-0.39, 0.29) is 0 Å². The highest BCUT2D eigenvalue weighted by Gasteiger charge is 2.16. The smallest absolute Gasteiger partial charge is 0.0102 e. The van der Waals surface area contributed by atoms with Gasteiger partial charge in [0, 0.05) is 19.6 Å². The lowest BCUT2D eigenvalue weighted by molar-refractivity contribution is 0.186. The molecule has 1 aliphatic rings. The summed E-state index contributed by atoms with van der Waals surface area (Å²) in [7, 11) is 4.40. The van der Waals surface area contributed by atoms with E-state index >= 15 is 0 Å². The Morgan fingerprint density at radius 3 is 2.86 bits per heavy atom. The third-order valence-corrected chi connectivity index (χ3v) is 3.15. The fourth-order valence-corrected chi connectivity index (χ4v) is 2.24. The molecule has 0 radical (unpaired) electrons. The Bertz CT molecular complexity index is 149. The van der Waals surface area contributed by atoms with E-state index in [1.807, 2.05) is 0 Å². The van der Waals surface area contributed by atoms with Gasteiger partial charge in [-0.25, -0.2) is 0 Å². The molecule has 1 rings (SSSR count). The van der Waals surface area contributed by atoms with Gasteiger partial charge in [0.1, 0.15) is 0 Å². The first-order valence-corrected chi connectivity index (χ1v) is 5.79. The Hall–Kier alpha value is -0.120. The van der Waals surface area contributed by atoms with Crippen LogP contribution in [0.2, 0.25) is 0 Å². The van der Waals surface area contributed by atoms with Crippen molar-refractivity contribution in [1.82, 2.24) is 9.80 Å². The summed E-state index contributed by atoms with van der Waals surface area (Å²) < 4.78 is 0. The summed E-state index contributed by atoms with van der Waals surface area (Å²) in [5.41, 5.74) is 5.51. The van der Waals surface area contributed by atoms with E-state index in [1.54, 1.807) is 0 Å². The summed E-state index contributed by atoms with van der Waals surface area (Å²) in [4.78, 5) is 4.80. The molecule has 3 nitrogen and oxygen atoms in total. The fraction of sp³-hybridized carbons (Fsp3) is 1.00.